The quantitative estimate of drug-likeness (QED) is 0.376. The van der Waals surface area contributed by atoms with E-state index in [1.165, 1.54) is 0 Å². The third kappa shape index (κ3) is 4.77. The van der Waals surface area contributed by atoms with Crippen LogP contribution in [0.1, 0.15) is 41.9 Å². The zero-order valence-corrected chi connectivity index (χ0v) is 18.9. The number of nitrogens with zero attached hydrogens (tertiary/aromatic N) is 5. The summed E-state index contributed by atoms with van der Waals surface area (Å²) in [6, 6.07) is 16.3. The number of tetrazole rings is 1. The maximum atomic E-state index is 12.5. The predicted octanol–water partition coefficient (Wildman–Crippen LogP) is 4.42. The van der Waals surface area contributed by atoms with Crippen molar-refractivity contribution in [3.63, 3.8) is 0 Å². The SMILES string of the molecule is CCCN(Cc1ccc(-c2ccccc2-c2nnn[nH]2)cc1)c1noc(C)c1C(=O)OCC. The number of esters is 1. The summed E-state index contributed by atoms with van der Waals surface area (Å²) in [6.45, 7) is 7.19. The molecule has 2 aromatic heterocycles. The molecule has 0 unspecified atom stereocenters. The maximum absolute atomic E-state index is 12.5. The number of rotatable bonds is 9. The smallest absolute Gasteiger partial charge is 0.345 e. The number of hydrogen-bond acceptors (Lipinski definition) is 8. The minimum atomic E-state index is -0.416. The molecule has 2 aromatic carbocycles. The number of nitrogens with one attached hydrogen (secondary N) is 1. The van der Waals surface area contributed by atoms with Crippen molar-refractivity contribution in [1.82, 2.24) is 25.8 Å². The summed E-state index contributed by atoms with van der Waals surface area (Å²) in [5.41, 5.74) is 4.49. The van der Waals surface area contributed by atoms with E-state index in [4.69, 9.17) is 9.26 Å². The number of H-pyrrole nitrogens is 1. The summed E-state index contributed by atoms with van der Waals surface area (Å²) in [4.78, 5) is 14.5. The van der Waals surface area contributed by atoms with Crippen molar-refractivity contribution in [1.29, 1.82) is 0 Å². The van der Waals surface area contributed by atoms with E-state index in [1.54, 1.807) is 13.8 Å². The lowest BCUT2D eigenvalue weighted by Gasteiger charge is -2.22. The molecule has 0 atom stereocenters. The molecule has 0 spiro atoms. The Morgan fingerprint density at radius 1 is 1.09 bits per heavy atom. The van der Waals surface area contributed by atoms with Crippen molar-refractivity contribution >= 4 is 11.8 Å². The highest BCUT2D eigenvalue weighted by Crippen LogP contribution is 2.30. The van der Waals surface area contributed by atoms with Crippen molar-refractivity contribution in [2.24, 2.45) is 0 Å². The minimum Gasteiger partial charge on any atom is -0.462 e. The summed E-state index contributed by atoms with van der Waals surface area (Å²) in [5, 5.41) is 18.4. The van der Waals surface area contributed by atoms with E-state index in [9.17, 15) is 4.79 Å². The monoisotopic (exact) mass is 446 g/mol. The Labute approximate surface area is 191 Å². The number of anilines is 1. The fourth-order valence-corrected chi connectivity index (χ4v) is 3.77. The average molecular weight is 447 g/mol. The second-order valence-electron chi connectivity index (χ2n) is 7.57. The molecular formula is C24H26N6O3. The van der Waals surface area contributed by atoms with Gasteiger partial charge in [0.1, 0.15) is 5.56 Å². The van der Waals surface area contributed by atoms with Gasteiger partial charge in [-0.15, -0.1) is 5.10 Å². The molecule has 0 saturated heterocycles. The van der Waals surface area contributed by atoms with E-state index < -0.39 is 5.97 Å². The number of aromatic nitrogens is 5. The lowest BCUT2D eigenvalue weighted by atomic mass is 9.98. The Bertz CT molecular complexity index is 1200. The van der Waals surface area contributed by atoms with Gasteiger partial charge < -0.3 is 14.2 Å². The highest BCUT2D eigenvalue weighted by molar-refractivity contribution is 5.95. The summed E-state index contributed by atoms with van der Waals surface area (Å²) < 4.78 is 10.6. The van der Waals surface area contributed by atoms with Crippen LogP contribution in [0.5, 0.6) is 0 Å². The Kier molecular flexibility index (Phi) is 6.77. The highest BCUT2D eigenvalue weighted by atomic mass is 16.5. The molecule has 0 aliphatic carbocycles. The molecule has 9 nitrogen and oxygen atoms in total. The van der Waals surface area contributed by atoms with Gasteiger partial charge in [0, 0.05) is 18.7 Å². The molecule has 0 amide bonds. The lowest BCUT2D eigenvalue weighted by Crippen LogP contribution is -2.26. The van der Waals surface area contributed by atoms with Crippen molar-refractivity contribution in [2.75, 3.05) is 18.1 Å². The van der Waals surface area contributed by atoms with E-state index in [0.29, 0.717) is 36.1 Å². The first-order valence-corrected chi connectivity index (χ1v) is 10.9. The summed E-state index contributed by atoms with van der Waals surface area (Å²) in [5.74, 6) is 1.18. The van der Waals surface area contributed by atoms with Gasteiger partial charge in [0.05, 0.1) is 6.61 Å². The molecule has 170 valence electrons. The largest absolute Gasteiger partial charge is 0.462 e. The zero-order valence-electron chi connectivity index (χ0n) is 18.9. The Balaban J connectivity index is 1.60. The molecule has 33 heavy (non-hydrogen) atoms. The van der Waals surface area contributed by atoms with Crippen LogP contribution in [0.4, 0.5) is 5.82 Å². The molecule has 4 rings (SSSR count). The molecule has 1 N–H and O–H groups in total. The van der Waals surface area contributed by atoms with Gasteiger partial charge in [-0.25, -0.2) is 9.89 Å². The molecule has 9 heteroatoms. The van der Waals surface area contributed by atoms with Crippen molar-refractivity contribution in [3.8, 4) is 22.5 Å². The molecular weight excluding hydrogens is 420 g/mol. The summed E-state index contributed by atoms with van der Waals surface area (Å²) in [7, 11) is 0. The van der Waals surface area contributed by atoms with Crippen molar-refractivity contribution in [3.05, 3.63) is 65.4 Å². The molecule has 0 aliphatic rings. The predicted molar refractivity (Wildman–Crippen MR) is 124 cm³/mol. The molecule has 0 saturated carbocycles. The van der Waals surface area contributed by atoms with E-state index in [2.05, 4.69) is 57.0 Å². The molecule has 0 fully saturated rings. The van der Waals surface area contributed by atoms with Gasteiger partial charge in [-0.2, -0.15) is 0 Å². The van der Waals surface area contributed by atoms with Crippen LogP contribution in [0.2, 0.25) is 0 Å². The third-order valence-electron chi connectivity index (χ3n) is 5.28. The topological polar surface area (TPSA) is 110 Å². The second kappa shape index (κ2) is 10.1. The molecule has 0 bridgehead atoms. The maximum Gasteiger partial charge on any atom is 0.345 e. The van der Waals surface area contributed by atoms with Crippen molar-refractivity contribution in [2.45, 2.75) is 33.7 Å². The van der Waals surface area contributed by atoms with Crippen LogP contribution >= 0.6 is 0 Å². The minimum absolute atomic E-state index is 0.295. The van der Waals surface area contributed by atoms with Gasteiger partial charge in [0.15, 0.2) is 17.4 Å². The van der Waals surface area contributed by atoms with Crippen LogP contribution in [0.3, 0.4) is 0 Å². The van der Waals surface area contributed by atoms with E-state index in [-0.39, 0.29) is 0 Å². The van der Waals surface area contributed by atoms with Gasteiger partial charge in [0.2, 0.25) is 0 Å². The second-order valence-corrected chi connectivity index (χ2v) is 7.57. The van der Waals surface area contributed by atoms with Gasteiger partial charge in [0.25, 0.3) is 0 Å². The first kappa shape index (κ1) is 22.2. The van der Waals surface area contributed by atoms with E-state index in [0.717, 1.165) is 35.2 Å². The van der Waals surface area contributed by atoms with Crippen LogP contribution in [0.25, 0.3) is 22.5 Å². The Hall–Kier alpha value is -4.01. The van der Waals surface area contributed by atoms with Gasteiger partial charge in [-0.1, -0.05) is 60.6 Å². The zero-order chi connectivity index (χ0) is 23.2. The lowest BCUT2D eigenvalue weighted by molar-refractivity contribution is 0.0525. The number of carbonyl (C=O) groups excluding carboxylic acids is 1. The molecule has 4 aromatic rings. The standard InChI is InChI=1S/C24H26N6O3/c1-4-14-30(23-21(16(3)33-27-23)24(31)32-5-2)15-17-10-12-18(13-11-17)19-8-6-7-9-20(19)22-25-28-29-26-22/h6-13H,4-5,14-15H2,1-3H3,(H,25,26,28,29). The number of benzene rings is 2. The molecule has 2 heterocycles. The highest BCUT2D eigenvalue weighted by Gasteiger charge is 2.25. The van der Waals surface area contributed by atoms with Gasteiger partial charge in [-0.05, 0) is 47.4 Å². The number of aromatic amines is 1. The van der Waals surface area contributed by atoms with Gasteiger partial charge >= 0.3 is 5.97 Å². The number of aryl methyl sites for hydroxylation is 1. The van der Waals surface area contributed by atoms with Crippen LogP contribution in [0, 0.1) is 6.92 Å². The molecule has 0 radical (unpaired) electrons. The summed E-state index contributed by atoms with van der Waals surface area (Å²) >= 11 is 0. The normalized spacial score (nSPS) is 10.9. The first-order valence-electron chi connectivity index (χ1n) is 10.9. The number of hydrogen-bond donors (Lipinski definition) is 1. The fourth-order valence-electron chi connectivity index (χ4n) is 3.77. The van der Waals surface area contributed by atoms with Crippen LogP contribution in [0.15, 0.2) is 53.1 Å². The van der Waals surface area contributed by atoms with Crippen LogP contribution < -0.4 is 4.90 Å². The van der Waals surface area contributed by atoms with Crippen LogP contribution in [-0.4, -0.2) is 44.9 Å². The van der Waals surface area contributed by atoms with E-state index in [1.807, 2.05) is 29.2 Å². The first-order chi connectivity index (χ1) is 16.1. The number of ether oxygens (including phenoxy) is 1. The molecule has 0 aliphatic heterocycles. The average Bonchev–Trinajstić information content (AvgIpc) is 3.50. The van der Waals surface area contributed by atoms with Crippen molar-refractivity contribution < 1.29 is 14.1 Å². The van der Waals surface area contributed by atoms with Gasteiger partial charge in [-0.3, -0.25) is 0 Å². The fraction of sp³-hybridized carbons (Fsp3) is 0.292. The Morgan fingerprint density at radius 3 is 2.52 bits per heavy atom. The van der Waals surface area contributed by atoms with Crippen LogP contribution in [-0.2, 0) is 11.3 Å². The Morgan fingerprint density at radius 2 is 1.85 bits per heavy atom. The number of carbonyl (C=O) groups is 1. The third-order valence-corrected chi connectivity index (χ3v) is 5.28. The van der Waals surface area contributed by atoms with E-state index >= 15 is 0 Å². The summed E-state index contributed by atoms with van der Waals surface area (Å²) in [6.07, 6.45) is 0.894.